The maximum atomic E-state index is 14.3. The molecule has 1 heterocycles. The molecule has 5 nitrogen and oxygen atoms in total. The zero-order valence-corrected chi connectivity index (χ0v) is 16.8. The van der Waals surface area contributed by atoms with Crippen LogP contribution in [-0.2, 0) is 11.3 Å². The molecule has 0 fully saturated rings. The van der Waals surface area contributed by atoms with Crippen LogP contribution in [0.1, 0.15) is 11.1 Å². The van der Waals surface area contributed by atoms with Gasteiger partial charge in [0.15, 0.2) is 11.6 Å². The highest BCUT2D eigenvalue weighted by Crippen LogP contribution is 2.29. The molecule has 0 spiro atoms. The standard InChI is InChI=1S/C22H26FN3O2/c1-16-7-5-6-8-20(16)26-15-18(14-25(2)11-12-27-3)22(24-26)17-9-10-21(28-4)19(23)13-17/h5-10,13,15H,11-12,14H2,1-4H3. The van der Waals surface area contributed by atoms with Crippen LogP contribution >= 0.6 is 0 Å². The molecule has 0 saturated heterocycles. The number of para-hydroxylation sites is 1. The molecule has 6 heteroatoms. The molecule has 0 bridgehead atoms. The van der Waals surface area contributed by atoms with Crippen LogP contribution in [0.3, 0.4) is 0 Å². The molecule has 3 aromatic rings. The predicted molar refractivity (Wildman–Crippen MR) is 108 cm³/mol. The van der Waals surface area contributed by atoms with Crippen molar-refractivity contribution in [2.75, 3.05) is 34.4 Å². The van der Waals surface area contributed by atoms with E-state index < -0.39 is 5.82 Å². The molecule has 0 aliphatic heterocycles. The van der Waals surface area contributed by atoms with Gasteiger partial charge in [-0.15, -0.1) is 0 Å². The smallest absolute Gasteiger partial charge is 0.165 e. The summed E-state index contributed by atoms with van der Waals surface area (Å²) in [5, 5.41) is 4.79. The average molecular weight is 383 g/mol. The Labute approximate surface area is 165 Å². The van der Waals surface area contributed by atoms with Crippen molar-refractivity contribution in [1.82, 2.24) is 14.7 Å². The summed E-state index contributed by atoms with van der Waals surface area (Å²) in [5.74, 6) is -0.176. The van der Waals surface area contributed by atoms with Gasteiger partial charge in [-0.2, -0.15) is 5.10 Å². The summed E-state index contributed by atoms with van der Waals surface area (Å²) in [4.78, 5) is 2.16. The molecule has 148 valence electrons. The van der Waals surface area contributed by atoms with Gasteiger partial charge in [0.2, 0.25) is 0 Å². The topological polar surface area (TPSA) is 39.5 Å². The van der Waals surface area contributed by atoms with Crippen molar-refractivity contribution in [3.63, 3.8) is 0 Å². The number of aromatic nitrogens is 2. The number of methoxy groups -OCH3 is 2. The Morgan fingerprint density at radius 2 is 1.93 bits per heavy atom. The van der Waals surface area contributed by atoms with Gasteiger partial charge in [0, 0.05) is 37.5 Å². The minimum Gasteiger partial charge on any atom is -0.494 e. The van der Waals surface area contributed by atoms with Crippen molar-refractivity contribution in [3.05, 3.63) is 65.6 Å². The second-order valence-corrected chi connectivity index (χ2v) is 6.81. The number of hydrogen-bond donors (Lipinski definition) is 0. The van der Waals surface area contributed by atoms with E-state index in [1.807, 2.05) is 55.2 Å². The van der Waals surface area contributed by atoms with Crippen molar-refractivity contribution in [3.8, 4) is 22.7 Å². The summed E-state index contributed by atoms with van der Waals surface area (Å²) >= 11 is 0. The Hall–Kier alpha value is -2.70. The lowest BCUT2D eigenvalue weighted by molar-refractivity contribution is 0.158. The van der Waals surface area contributed by atoms with Crippen LogP contribution in [0, 0.1) is 12.7 Å². The van der Waals surface area contributed by atoms with Crippen LogP contribution in [0.25, 0.3) is 16.9 Å². The number of nitrogens with zero attached hydrogens (tertiary/aromatic N) is 3. The van der Waals surface area contributed by atoms with E-state index in [-0.39, 0.29) is 5.75 Å². The van der Waals surface area contributed by atoms with Crippen LogP contribution in [0.2, 0.25) is 0 Å². The van der Waals surface area contributed by atoms with Crippen molar-refractivity contribution < 1.29 is 13.9 Å². The molecule has 3 rings (SSSR count). The molecule has 0 atom stereocenters. The van der Waals surface area contributed by atoms with Gasteiger partial charge in [-0.25, -0.2) is 9.07 Å². The molecule has 1 aromatic heterocycles. The summed E-state index contributed by atoms with van der Waals surface area (Å²) in [6.07, 6.45) is 2.02. The van der Waals surface area contributed by atoms with Gasteiger partial charge in [0.05, 0.1) is 25.1 Å². The van der Waals surface area contributed by atoms with E-state index in [1.54, 1.807) is 13.2 Å². The molecule has 0 unspecified atom stereocenters. The highest BCUT2D eigenvalue weighted by atomic mass is 19.1. The minimum atomic E-state index is -0.399. The first-order chi connectivity index (χ1) is 13.5. The molecule has 28 heavy (non-hydrogen) atoms. The minimum absolute atomic E-state index is 0.223. The number of rotatable bonds is 8. The van der Waals surface area contributed by atoms with Crippen molar-refractivity contribution >= 4 is 0 Å². The fourth-order valence-corrected chi connectivity index (χ4v) is 3.14. The van der Waals surface area contributed by atoms with Gasteiger partial charge >= 0.3 is 0 Å². The van der Waals surface area contributed by atoms with E-state index in [0.717, 1.165) is 34.6 Å². The Bertz CT molecular complexity index is 939. The van der Waals surface area contributed by atoms with Crippen molar-refractivity contribution in [2.24, 2.45) is 0 Å². The zero-order valence-electron chi connectivity index (χ0n) is 16.8. The van der Waals surface area contributed by atoms with Crippen molar-refractivity contribution in [2.45, 2.75) is 13.5 Å². The average Bonchev–Trinajstić information content (AvgIpc) is 3.10. The predicted octanol–water partition coefficient (Wildman–Crippen LogP) is 4.07. The molecule has 0 amide bonds. The van der Waals surface area contributed by atoms with Gasteiger partial charge in [-0.3, -0.25) is 4.90 Å². The maximum Gasteiger partial charge on any atom is 0.165 e. The lowest BCUT2D eigenvalue weighted by Gasteiger charge is -2.15. The fraction of sp³-hybridized carbons (Fsp3) is 0.318. The SMILES string of the molecule is COCCN(C)Cc1cn(-c2ccccc2C)nc1-c1ccc(OC)c(F)c1. The fourth-order valence-electron chi connectivity index (χ4n) is 3.14. The van der Waals surface area contributed by atoms with E-state index in [9.17, 15) is 4.39 Å². The Kier molecular flexibility index (Phi) is 6.44. The Morgan fingerprint density at radius 3 is 2.61 bits per heavy atom. The highest BCUT2D eigenvalue weighted by Gasteiger charge is 2.16. The van der Waals surface area contributed by atoms with Gasteiger partial charge < -0.3 is 9.47 Å². The van der Waals surface area contributed by atoms with Crippen LogP contribution in [0.15, 0.2) is 48.7 Å². The van der Waals surface area contributed by atoms with Crippen LogP contribution in [0.5, 0.6) is 5.75 Å². The lowest BCUT2D eigenvalue weighted by atomic mass is 10.1. The Balaban J connectivity index is 2.03. The van der Waals surface area contributed by atoms with E-state index in [1.165, 1.54) is 13.2 Å². The number of aryl methyl sites for hydroxylation is 1. The van der Waals surface area contributed by atoms with Gasteiger partial charge in [0.1, 0.15) is 0 Å². The molecule has 0 saturated carbocycles. The zero-order chi connectivity index (χ0) is 20.1. The van der Waals surface area contributed by atoms with Crippen LogP contribution in [-0.4, -0.2) is 49.1 Å². The normalized spacial score (nSPS) is 11.2. The quantitative estimate of drug-likeness (QED) is 0.588. The summed E-state index contributed by atoms with van der Waals surface area (Å²) in [6.45, 7) is 4.17. The monoisotopic (exact) mass is 383 g/mol. The maximum absolute atomic E-state index is 14.3. The third-order valence-electron chi connectivity index (χ3n) is 4.69. The van der Waals surface area contributed by atoms with E-state index >= 15 is 0 Å². The molecule has 0 radical (unpaired) electrons. The van der Waals surface area contributed by atoms with E-state index in [0.29, 0.717) is 13.2 Å². The largest absolute Gasteiger partial charge is 0.494 e. The van der Waals surface area contributed by atoms with E-state index in [2.05, 4.69) is 4.90 Å². The van der Waals surface area contributed by atoms with Gasteiger partial charge in [-0.1, -0.05) is 18.2 Å². The molecule has 0 aliphatic carbocycles. The molecular formula is C22H26FN3O2. The Morgan fingerprint density at radius 1 is 1.14 bits per heavy atom. The molecular weight excluding hydrogens is 357 g/mol. The molecule has 0 N–H and O–H groups in total. The summed E-state index contributed by atoms with van der Waals surface area (Å²) in [5.41, 5.74) is 4.63. The number of hydrogen-bond acceptors (Lipinski definition) is 4. The van der Waals surface area contributed by atoms with Crippen molar-refractivity contribution in [1.29, 1.82) is 0 Å². The summed E-state index contributed by atoms with van der Waals surface area (Å²) in [6, 6.07) is 13.0. The third kappa shape index (κ3) is 4.40. The molecule has 2 aromatic carbocycles. The number of halogens is 1. The van der Waals surface area contributed by atoms with Crippen LogP contribution < -0.4 is 4.74 Å². The summed E-state index contributed by atoms with van der Waals surface area (Å²) < 4.78 is 26.4. The third-order valence-corrected chi connectivity index (χ3v) is 4.69. The first-order valence-electron chi connectivity index (χ1n) is 9.19. The summed E-state index contributed by atoms with van der Waals surface area (Å²) in [7, 11) is 5.18. The first-order valence-corrected chi connectivity index (χ1v) is 9.19. The number of ether oxygens (including phenoxy) is 2. The molecule has 0 aliphatic rings. The second-order valence-electron chi connectivity index (χ2n) is 6.81. The van der Waals surface area contributed by atoms with E-state index in [4.69, 9.17) is 14.6 Å². The van der Waals surface area contributed by atoms with Gasteiger partial charge in [-0.05, 0) is 43.8 Å². The van der Waals surface area contributed by atoms with Crippen LogP contribution in [0.4, 0.5) is 4.39 Å². The van der Waals surface area contributed by atoms with Gasteiger partial charge in [0.25, 0.3) is 0 Å². The number of benzene rings is 2. The number of likely N-dealkylation sites (N-methyl/N-ethyl adjacent to an activating group) is 1. The second kappa shape index (κ2) is 8.99. The lowest BCUT2D eigenvalue weighted by Crippen LogP contribution is -2.22. The highest BCUT2D eigenvalue weighted by molar-refractivity contribution is 5.64. The first kappa shape index (κ1) is 20.0.